The largest absolute Gasteiger partial charge is 0.497 e. The molecule has 2 atom stereocenters. The van der Waals surface area contributed by atoms with Crippen molar-refractivity contribution in [2.75, 3.05) is 13.7 Å². The Morgan fingerprint density at radius 1 is 0.571 bits per heavy atom. The van der Waals surface area contributed by atoms with Gasteiger partial charge in [0.05, 0.1) is 24.8 Å². The Balaban J connectivity index is 1.10. The van der Waals surface area contributed by atoms with Crippen molar-refractivity contribution in [1.82, 2.24) is 0 Å². The molecule has 0 amide bonds. The summed E-state index contributed by atoms with van der Waals surface area (Å²) in [5.41, 5.74) is 5.14. The number of carbonyl (C=O) groups is 2. The molecule has 0 saturated carbocycles. The predicted molar refractivity (Wildman–Crippen MR) is 216 cm³/mol. The molecular weight excluding hydrogens is 705 g/mol. The van der Waals surface area contributed by atoms with E-state index in [4.69, 9.17) is 28.7 Å². The number of unbranched alkanes of at least 4 members (excludes halogenated alkanes) is 1. The number of carbonyl (C=O) groups excluding carboxylic acids is 2. The normalized spacial score (nSPS) is 12.1. The van der Waals surface area contributed by atoms with Crippen molar-refractivity contribution in [3.8, 4) is 17.2 Å². The van der Waals surface area contributed by atoms with E-state index in [1.807, 2.05) is 109 Å². The molecule has 0 bridgehead atoms. The van der Waals surface area contributed by atoms with Crippen molar-refractivity contribution in [1.29, 1.82) is 0 Å². The maximum atomic E-state index is 13.7. The standard InChI is InChI=1S/C48H44O8/c1-3-4-33-52-43-27-21-36(22-28-43)16-15-35-17-19-37(20-18-35)34-53-56-46(39-13-9-6-10-14-39)45(38-11-7-5-8-12-38)55-48(50)41-25-31-44(32-26-41)54-47(49)40-23-29-42(51-2)30-24-40/h5-32,45-46H,3-4,33-34H2,1-2H3/t45-,46-/m0/s1. The van der Waals surface area contributed by atoms with Gasteiger partial charge in [0.25, 0.3) is 0 Å². The summed E-state index contributed by atoms with van der Waals surface area (Å²) in [4.78, 5) is 38.3. The maximum absolute atomic E-state index is 13.7. The quantitative estimate of drug-likeness (QED) is 0.0214. The van der Waals surface area contributed by atoms with Crippen LogP contribution in [0.25, 0.3) is 12.2 Å². The van der Waals surface area contributed by atoms with E-state index in [-0.39, 0.29) is 17.9 Å². The van der Waals surface area contributed by atoms with Gasteiger partial charge in [-0.05, 0) is 94.9 Å². The average Bonchev–Trinajstić information content (AvgIpc) is 3.25. The fourth-order valence-electron chi connectivity index (χ4n) is 5.71. The molecule has 0 heterocycles. The van der Waals surface area contributed by atoms with Gasteiger partial charge in [-0.15, -0.1) is 0 Å². The highest BCUT2D eigenvalue weighted by Crippen LogP contribution is 2.36. The Bertz CT molecular complexity index is 2130. The molecule has 0 aliphatic heterocycles. The van der Waals surface area contributed by atoms with Gasteiger partial charge in [-0.3, -0.25) is 0 Å². The smallest absolute Gasteiger partial charge is 0.343 e. The first-order valence-corrected chi connectivity index (χ1v) is 18.5. The summed E-state index contributed by atoms with van der Waals surface area (Å²) < 4.78 is 22.6. The summed E-state index contributed by atoms with van der Waals surface area (Å²) in [7, 11) is 1.55. The molecule has 0 aromatic heterocycles. The van der Waals surface area contributed by atoms with E-state index in [0.717, 1.165) is 53.0 Å². The van der Waals surface area contributed by atoms with Gasteiger partial charge < -0.3 is 18.9 Å². The van der Waals surface area contributed by atoms with Crippen LogP contribution in [-0.4, -0.2) is 25.7 Å². The van der Waals surface area contributed by atoms with Crippen LogP contribution in [0, 0.1) is 0 Å². The van der Waals surface area contributed by atoms with E-state index < -0.39 is 24.1 Å². The summed E-state index contributed by atoms with van der Waals surface area (Å²) in [6, 6.07) is 47.8. The van der Waals surface area contributed by atoms with Gasteiger partial charge in [0.15, 0.2) is 12.2 Å². The summed E-state index contributed by atoms with van der Waals surface area (Å²) >= 11 is 0. The second kappa shape index (κ2) is 20.3. The number of methoxy groups -OCH3 is 1. The van der Waals surface area contributed by atoms with Crippen LogP contribution in [0.4, 0.5) is 0 Å². The lowest BCUT2D eigenvalue weighted by Crippen LogP contribution is -2.21. The molecule has 6 aromatic rings. The second-order valence-corrected chi connectivity index (χ2v) is 12.9. The monoisotopic (exact) mass is 748 g/mol. The third-order valence-corrected chi connectivity index (χ3v) is 8.88. The first kappa shape index (κ1) is 39.2. The number of ether oxygens (including phenoxy) is 4. The molecular formula is C48H44O8. The molecule has 8 heteroatoms. The topological polar surface area (TPSA) is 89.5 Å². The Labute approximate surface area is 327 Å². The van der Waals surface area contributed by atoms with E-state index in [1.54, 1.807) is 55.6 Å². The molecule has 8 nitrogen and oxygen atoms in total. The third kappa shape index (κ3) is 11.3. The highest BCUT2D eigenvalue weighted by molar-refractivity contribution is 5.92. The fraction of sp³-hybridized carbons (Fsp3) is 0.167. The predicted octanol–water partition coefficient (Wildman–Crippen LogP) is 11.1. The second-order valence-electron chi connectivity index (χ2n) is 12.9. The molecule has 0 spiro atoms. The van der Waals surface area contributed by atoms with E-state index in [2.05, 4.69) is 19.1 Å². The fourth-order valence-corrected chi connectivity index (χ4v) is 5.71. The number of benzene rings is 6. The van der Waals surface area contributed by atoms with Crippen LogP contribution < -0.4 is 14.2 Å². The minimum Gasteiger partial charge on any atom is -0.497 e. The molecule has 284 valence electrons. The number of rotatable bonds is 18. The lowest BCUT2D eigenvalue weighted by molar-refractivity contribution is -0.350. The Morgan fingerprint density at radius 3 is 1.66 bits per heavy atom. The van der Waals surface area contributed by atoms with Gasteiger partial charge in [0.2, 0.25) is 0 Å². The van der Waals surface area contributed by atoms with Crippen molar-refractivity contribution in [3.05, 3.63) is 197 Å². The van der Waals surface area contributed by atoms with E-state index in [1.165, 1.54) is 0 Å². The highest BCUT2D eigenvalue weighted by atomic mass is 17.2. The first-order chi connectivity index (χ1) is 27.5. The van der Waals surface area contributed by atoms with E-state index >= 15 is 0 Å². The molecule has 0 N–H and O–H groups in total. The van der Waals surface area contributed by atoms with E-state index in [9.17, 15) is 9.59 Å². The van der Waals surface area contributed by atoms with Crippen molar-refractivity contribution < 1.29 is 38.3 Å². The summed E-state index contributed by atoms with van der Waals surface area (Å²) in [6.45, 7) is 3.04. The van der Waals surface area contributed by atoms with E-state index in [0.29, 0.717) is 11.3 Å². The third-order valence-electron chi connectivity index (χ3n) is 8.88. The van der Waals surface area contributed by atoms with Crippen molar-refractivity contribution in [3.63, 3.8) is 0 Å². The van der Waals surface area contributed by atoms with Crippen LogP contribution in [0.15, 0.2) is 158 Å². The van der Waals surface area contributed by atoms with Crippen molar-refractivity contribution >= 4 is 24.1 Å². The molecule has 6 aromatic carbocycles. The summed E-state index contributed by atoms with van der Waals surface area (Å²) in [5.74, 6) is 0.668. The Kier molecular flexibility index (Phi) is 14.2. The van der Waals surface area contributed by atoms with Gasteiger partial charge in [-0.1, -0.05) is 123 Å². The minimum absolute atomic E-state index is 0.166. The number of hydrogen-bond acceptors (Lipinski definition) is 8. The van der Waals surface area contributed by atoms with Gasteiger partial charge >= 0.3 is 11.9 Å². The van der Waals surface area contributed by atoms with Crippen LogP contribution >= 0.6 is 0 Å². The van der Waals surface area contributed by atoms with Gasteiger partial charge in [0.1, 0.15) is 23.9 Å². The molecule has 0 radical (unpaired) electrons. The van der Waals surface area contributed by atoms with Crippen LogP contribution in [0.1, 0.15) is 80.5 Å². The molecule has 0 saturated heterocycles. The molecule has 6 rings (SSSR count). The zero-order valence-electron chi connectivity index (χ0n) is 31.4. The maximum Gasteiger partial charge on any atom is 0.343 e. The van der Waals surface area contributed by atoms with Crippen molar-refractivity contribution in [2.24, 2.45) is 0 Å². The van der Waals surface area contributed by atoms with Gasteiger partial charge in [-0.2, -0.15) is 0 Å². The number of hydrogen-bond donors (Lipinski definition) is 0. The highest BCUT2D eigenvalue weighted by Gasteiger charge is 2.31. The minimum atomic E-state index is -0.872. The van der Waals surface area contributed by atoms with Crippen LogP contribution in [0.5, 0.6) is 17.2 Å². The molecule has 0 aliphatic carbocycles. The zero-order valence-corrected chi connectivity index (χ0v) is 31.4. The molecule has 0 aliphatic rings. The lowest BCUT2D eigenvalue weighted by atomic mass is 9.98. The molecule has 0 fully saturated rings. The SMILES string of the molecule is CCCCOc1ccc(C=Cc2ccc(COO[C@@H](c3ccccc3)[C@@H](OC(=O)c3ccc(OC(=O)c4ccc(OC)cc4)cc3)c3ccccc3)cc2)cc1. The van der Waals surface area contributed by atoms with Gasteiger partial charge in [0, 0.05) is 0 Å². The number of esters is 2. The first-order valence-electron chi connectivity index (χ1n) is 18.5. The Hall–Kier alpha value is -6.48. The van der Waals surface area contributed by atoms with Crippen LogP contribution in [-0.2, 0) is 21.1 Å². The van der Waals surface area contributed by atoms with Crippen LogP contribution in [0.3, 0.4) is 0 Å². The summed E-state index contributed by atoms with van der Waals surface area (Å²) in [6.07, 6.45) is 4.58. The Morgan fingerprint density at radius 2 is 1.09 bits per heavy atom. The molecule has 0 unspecified atom stereocenters. The van der Waals surface area contributed by atoms with Gasteiger partial charge in [-0.25, -0.2) is 19.4 Å². The van der Waals surface area contributed by atoms with Crippen LogP contribution in [0.2, 0.25) is 0 Å². The summed E-state index contributed by atoms with van der Waals surface area (Å²) in [5, 5.41) is 0. The lowest BCUT2D eigenvalue weighted by Gasteiger charge is -2.27. The molecule has 56 heavy (non-hydrogen) atoms. The average molecular weight is 749 g/mol. The zero-order chi connectivity index (χ0) is 39.0. The van der Waals surface area contributed by atoms with Crippen molar-refractivity contribution in [2.45, 2.75) is 38.6 Å².